The van der Waals surface area contributed by atoms with Gasteiger partial charge in [0.1, 0.15) is 0 Å². The van der Waals surface area contributed by atoms with Gasteiger partial charge in [0.25, 0.3) is 0 Å². The van der Waals surface area contributed by atoms with Gasteiger partial charge in [-0.15, -0.1) is 0 Å². The molecule has 0 bridgehead atoms. The number of nitrogens with zero attached hydrogens (tertiary/aromatic N) is 4. The van der Waals surface area contributed by atoms with Gasteiger partial charge in [0.2, 0.25) is 0 Å². The molecule has 3 rings (SSSR count). The number of aromatic nitrogens is 3. The van der Waals surface area contributed by atoms with E-state index >= 15 is 0 Å². The maximum Gasteiger partial charge on any atom is 0.165 e. The molecule has 1 saturated heterocycles. The van der Waals surface area contributed by atoms with Crippen LogP contribution in [0.15, 0.2) is 30.3 Å². The van der Waals surface area contributed by atoms with E-state index in [-0.39, 0.29) is 0 Å². The van der Waals surface area contributed by atoms with Crippen LogP contribution in [0.4, 0.5) is 0 Å². The van der Waals surface area contributed by atoms with Gasteiger partial charge in [-0.05, 0) is 0 Å². The minimum Gasteiger partial charge on any atom is -0.314 e. The highest BCUT2D eigenvalue weighted by Crippen LogP contribution is 2.16. The summed E-state index contributed by atoms with van der Waals surface area (Å²) < 4.78 is 1.87. The summed E-state index contributed by atoms with van der Waals surface area (Å²) in [5.74, 6) is 1.84. The first kappa shape index (κ1) is 12.3. The topological polar surface area (TPSA) is 46.0 Å². The second-order valence-electron chi connectivity index (χ2n) is 4.87. The average Bonchev–Trinajstić information content (AvgIpc) is 2.82. The van der Waals surface area contributed by atoms with Crippen LogP contribution in [-0.2, 0) is 13.6 Å². The first-order valence-corrected chi connectivity index (χ1v) is 6.71. The Morgan fingerprint density at radius 3 is 2.63 bits per heavy atom. The molecule has 1 aromatic heterocycles. The van der Waals surface area contributed by atoms with Gasteiger partial charge in [-0.2, -0.15) is 5.10 Å². The van der Waals surface area contributed by atoms with E-state index in [0.717, 1.165) is 49.9 Å². The lowest BCUT2D eigenvalue weighted by atomic mass is 10.2. The number of benzene rings is 1. The van der Waals surface area contributed by atoms with Crippen molar-refractivity contribution in [2.24, 2.45) is 7.05 Å². The summed E-state index contributed by atoms with van der Waals surface area (Å²) in [7, 11) is 1.95. The molecular weight excluding hydrogens is 238 g/mol. The zero-order chi connectivity index (χ0) is 13.1. The van der Waals surface area contributed by atoms with Crippen LogP contribution >= 0.6 is 0 Å². The minimum absolute atomic E-state index is 0.836. The molecule has 1 aliphatic heterocycles. The van der Waals surface area contributed by atoms with E-state index in [4.69, 9.17) is 0 Å². The van der Waals surface area contributed by atoms with Gasteiger partial charge >= 0.3 is 0 Å². The van der Waals surface area contributed by atoms with Crippen LogP contribution in [0.3, 0.4) is 0 Å². The van der Waals surface area contributed by atoms with E-state index in [1.54, 1.807) is 0 Å². The van der Waals surface area contributed by atoms with Crippen LogP contribution in [0.1, 0.15) is 5.82 Å². The first-order valence-electron chi connectivity index (χ1n) is 6.71. The Morgan fingerprint density at radius 2 is 1.89 bits per heavy atom. The largest absolute Gasteiger partial charge is 0.314 e. The van der Waals surface area contributed by atoms with Crippen LogP contribution < -0.4 is 5.32 Å². The SMILES string of the molecule is Cn1nc(CN2CCNCC2)nc1-c1ccccc1. The smallest absolute Gasteiger partial charge is 0.165 e. The summed E-state index contributed by atoms with van der Waals surface area (Å²) in [6, 6.07) is 10.2. The van der Waals surface area contributed by atoms with Gasteiger partial charge in [0.05, 0.1) is 6.54 Å². The van der Waals surface area contributed by atoms with Crippen molar-refractivity contribution >= 4 is 0 Å². The van der Waals surface area contributed by atoms with Crippen molar-refractivity contribution in [3.8, 4) is 11.4 Å². The van der Waals surface area contributed by atoms with Crippen molar-refractivity contribution in [3.05, 3.63) is 36.2 Å². The highest BCUT2D eigenvalue weighted by Gasteiger charge is 2.14. The lowest BCUT2D eigenvalue weighted by molar-refractivity contribution is 0.228. The molecule has 0 amide bonds. The second kappa shape index (κ2) is 5.50. The summed E-state index contributed by atoms with van der Waals surface area (Å²) in [5.41, 5.74) is 1.11. The Kier molecular flexibility index (Phi) is 3.57. The van der Waals surface area contributed by atoms with Gasteiger partial charge in [-0.1, -0.05) is 30.3 Å². The highest BCUT2D eigenvalue weighted by atomic mass is 15.3. The van der Waals surface area contributed by atoms with Gasteiger partial charge in [0.15, 0.2) is 11.6 Å². The number of aryl methyl sites for hydroxylation is 1. The number of nitrogens with one attached hydrogen (secondary N) is 1. The molecule has 5 nitrogen and oxygen atoms in total. The molecule has 0 atom stereocenters. The van der Waals surface area contributed by atoms with E-state index in [1.807, 2.05) is 29.9 Å². The lowest BCUT2D eigenvalue weighted by Crippen LogP contribution is -2.43. The molecule has 0 radical (unpaired) electrons. The summed E-state index contributed by atoms with van der Waals surface area (Å²) in [4.78, 5) is 7.05. The third-order valence-electron chi connectivity index (χ3n) is 3.41. The number of hydrogen-bond acceptors (Lipinski definition) is 4. The Hall–Kier alpha value is -1.72. The van der Waals surface area contributed by atoms with Crippen molar-refractivity contribution in [1.82, 2.24) is 25.0 Å². The van der Waals surface area contributed by atoms with E-state index in [0.29, 0.717) is 0 Å². The highest BCUT2D eigenvalue weighted by molar-refractivity contribution is 5.54. The van der Waals surface area contributed by atoms with Crippen LogP contribution in [0, 0.1) is 0 Å². The van der Waals surface area contributed by atoms with Gasteiger partial charge in [-0.3, -0.25) is 4.90 Å². The molecule has 19 heavy (non-hydrogen) atoms. The molecule has 1 N–H and O–H groups in total. The zero-order valence-corrected chi connectivity index (χ0v) is 11.2. The monoisotopic (exact) mass is 257 g/mol. The van der Waals surface area contributed by atoms with Crippen LogP contribution in [-0.4, -0.2) is 45.8 Å². The lowest BCUT2D eigenvalue weighted by Gasteiger charge is -2.25. The van der Waals surface area contributed by atoms with Crippen molar-refractivity contribution in [1.29, 1.82) is 0 Å². The van der Waals surface area contributed by atoms with E-state index in [1.165, 1.54) is 0 Å². The summed E-state index contributed by atoms with van der Waals surface area (Å²) in [5, 5.41) is 7.88. The molecule has 0 unspecified atom stereocenters. The fraction of sp³-hybridized carbons (Fsp3) is 0.429. The van der Waals surface area contributed by atoms with Gasteiger partial charge < -0.3 is 5.32 Å². The Balaban J connectivity index is 1.77. The predicted octanol–water partition coefficient (Wildman–Crippen LogP) is 0.887. The molecule has 1 fully saturated rings. The third-order valence-corrected chi connectivity index (χ3v) is 3.41. The average molecular weight is 257 g/mol. The van der Waals surface area contributed by atoms with Crippen LogP contribution in [0.25, 0.3) is 11.4 Å². The van der Waals surface area contributed by atoms with Crippen molar-refractivity contribution in [2.45, 2.75) is 6.54 Å². The predicted molar refractivity (Wildman–Crippen MR) is 74.6 cm³/mol. The molecule has 0 aliphatic carbocycles. The minimum atomic E-state index is 0.836. The quantitative estimate of drug-likeness (QED) is 0.887. The van der Waals surface area contributed by atoms with E-state index < -0.39 is 0 Å². The van der Waals surface area contributed by atoms with Crippen molar-refractivity contribution in [2.75, 3.05) is 26.2 Å². The normalized spacial score (nSPS) is 16.7. The van der Waals surface area contributed by atoms with Gasteiger partial charge in [0, 0.05) is 38.8 Å². The third kappa shape index (κ3) is 2.83. The number of rotatable bonds is 3. The molecule has 0 spiro atoms. The summed E-state index contributed by atoms with van der Waals surface area (Å²) >= 11 is 0. The summed E-state index contributed by atoms with van der Waals surface area (Å²) in [6.07, 6.45) is 0. The Labute approximate surface area is 113 Å². The Bertz CT molecular complexity index is 528. The van der Waals surface area contributed by atoms with E-state index in [9.17, 15) is 0 Å². The number of piperazine rings is 1. The molecular formula is C14H19N5. The molecule has 2 heterocycles. The van der Waals surface area contributed by atoms with Crippen molar-refractivity contribution < 1.29 is 0 Å². The fourth-order valence-electron chi connectivity index (χ4n) is 2.41. The standard InChI is InChI=1S/C14H19N5/c1-18-14(12-5-3-2-4-6-12)16-13(17-18)11-19-9-7-15-8-10-19/h2-6,15H,7-11H2,1H3. The molecule has 1 aliphatic rings. The van der Waals surface area contributed by atoms with Crippen LogP contribution in [0.5, 0.6) is 0 Å². The van der Waals surface area contributed by atoms with Crippen LogP contribution in [0.2, 0.25) is 0 Å². The molecule has 5 heteroatoms. The summed E-state index contributed by atoms with van der Waals surface area (Å²) in [6.45, 7) is 5.08. The van der Waals surface area contributed by atoms with Crippen molar-refractivity contribution in [3.63, 3.8) is 0 Å². The maximum atomic E-state index is 4.66. The van der Waals surface area contributed by atoms with Gasteiger partial charge in [-0.25, -0.2) is 9.67 Å². The fourth-order valence-corrected chi connectivity index (χ4v) is 2.41. The number of hydrogen-bond donors (Lipinski definition) is 1. The van der Waals surface area contributed by atoms with E-state index in [2.05, 4.69) is 32.4 Å². The Morgan fingerprint density at radius 1 is 1.16 bits per heavy atom. The molecule has 1 aromatic carbocycles. The second-order valence-corrected chi connectivity index (χ2v) is 4.87. The zero-order valence-electron chi connectivity index (χ0n) is 11.2. The maximum absolute atomic E-state index is 4.66. The molecule has 100 valence electrons. The molecule has 2 aromatic rings. The first-order chi connectivity index (χ1) is 9.33. The molecule has 0 saturated carbocycles.